The van der Waals surface area contributed by atoms with E-state index in [2.05, 4.69) is 29.1 Å². The normalized spacial score (nSPS) is 16.8. The van der Waals surface area contributed by atoms with Crippen molar-refractivity contribution in [1.29, 1.82) is 0 Å². The van der Waals surface area contributed by atoms with Gasteiger partial charge in [-0.2, -0.15) is 5.10 Å². The van der Waals surface area contributed by atoms with Crippen LogP contribution >= 0.6 is 0 Å². The Morgan fingerprint density at radius 1 is 0.943 bits per heavy atom. The van der Waals surface area contributed by atoms with Crippen LogP contribution in [-0.4, -0.2) is 45.8 Å². The fourth-order valence-electron chi connectivity index (χ4n) is 5.15. The van der Waals surface area contributed by atoms with E-state index in [1.807, 2.05) is 4.90 Å². The number of halogens is 3. The molecule has 1 amide bonds. The van der Waals surface area contributed by atoms with Gasteiger partial charge >= 0.3 is 0 Å². The van der Waals surface area contributed by atoms with Gasteiger partial charge in [0.25, 0.3) is 5.91 Å². The van der Waals surface area contributed by atoms with Crippen LogP contribution in [0.4, 0.5) is 18.9 Å². The first-order valence-electron chi connectivity index (χ1n) is 11.6. The smallest absolute Gasteiger partial charge is 0.254 e. The Labute approximate surface area is 200 Å². The number of carbonyl (C=O) groups excluding carboxylic acids is 1. The van der Waals surface area contributed by atoms with Crippen LogP contribution in [0.2, 0.25) is 0 Å². The molecule has 1 aliphatic carbocycles. The maximum absolute atomic E-state index is 13.7. The van der Waals surface area contributed by atoms with Gasteiger partial charge in [-0.1, -0.05) is 0 Å². The summed E-state index contributed by atoms with van der Waals surface area (Å²) in [5.74, 6) is -2.51. The molecule has 3 aromatic carbocycles. The molecule has 1 saturated carbocycles. The summed E-state index contributed by atoms with van der Waals surface area (Å²) < 4.78 is 42.2. The number of anilines is 1. The quantitative estimate of drug-likeness (QED) is 0.406. The van der Waals surface area contributed by atoms with Crippen LogP contribution in [0.5, 0.6) is 0 Å². The average Bonchev–Trinajstić information content (AvgIpc) is 3.49. The molecule has 178 valence electrons. The molecule has 1 aromatic heterocycles. The standard InChI is InChI=1S/C27H23F3N4O/c1-17-12-25-19(15-31-34(25)21-5-3-20(28)4-6-21)14-24(17)32-10-11-33(27(16-32)8-9-27)26(35)18-2-7-22(29)23(30)13-18/h2-7,12-15H,8-11,16H2,1H3. The van der Waals surface area contributed by atoms with Crippen LogP contribution in [0, 0.1) is 24.4 Å². The number of fused-ring (bicyclic) bond motifs is 1. The SMILES string of the molecule is Cc1cc2c(cnn2-c2ccc(F)cc2)cc1N1CCN(C(=O)c2ccc(F)c(F)c2)C2(CC2)C1. The molecule has 2 fully saturated rings. The van der Waals surface area contributed by atoms with E-state index in [0.29, 0.717) is 19.6 Å². The molecular weight excluding hydrogens is 453 g/mol. The Hall–Kier alpha value is -3.81. The predicted molar refractivity (Wildman–Crippen MR) is 127 cm³/mol. The molecule has 1 saturated heterocycles. The Morgan fingerprint density at radius 3 is 2.43 bits per heavy atom. The number of rotatable bonds is 3. The zero-order chi connectivity index (χ0) is 24.3. The fraction of sp³-hybridized carbons (Fsp3) is 0.259. The van der Waals surface area contributed by atoms with E-state index in [0.717, 1.165) is 52.8 Å². The van der Waals surface area contributed by atoms with E-state index in [9.17, 15) is 18.0 Å². The Kier molecular flexibility index (Phi) is 4.88. The number of carbonyl (C=O) groups is 1. The van der Waals surface area contributed by atoms with Crippen molar-refractivity contribution < 1.29 is 18.0 Å². The minimum Gasteiger partial charge on any atom is -0.367 e. The molecule has 2 heterocycles. The lowest BCUT2D eigenvalue weighted by molar-refractivity contribution is 0.0624. The molecule has 1 aliphatic heterocycles. The minimum atomic E-state index is -1.01. The highest BCUT2D eigenvalue weighted by Gasteiger charge is 2.53. The van der Waals surface area contributed by atoms with Crippen molar-refractivity contribution in [1.82, 2.24) is 14.7 Å². The van der Waals surface area contributed by atoms with E-state index in [4.69, 9.17) is 0 Å². The number of aromatic nitrogens is 2. The summed E-state index contributed by atoms with van der Waals surface area (Å²) in [5.41, 5.74) is 3.77. The van der Waals surface area contributed by atoms with Crippen LogP contribution in [0.25, 0.3) is 16.6 Å². The number of aryl methyl sites for hydroxylation is 1. The molecule has 2 aliphatic rings. The van der Waals surface area contributed by atoms with Crippen molar-refractivity contribution in [3.63, 3.8) is 0 Å². The highest BCUT2D eigenvalue weighted by Crippen LogP contribution is 2.46. The first-order chi connectivity index (χ1) is 16.8. The summed E-state index contributed by atoms with van der Waals surface area (Å²) in [6, 6.07) is 13.8. The number of piperazine rings is 1. The van der Waals surface area contributed by atoms with Crippen LogP contribution in [-0.2, 0) is 0 Å². The zero-order valence-corrected chi connectivity index (χ0v) is 19.1. The number of amides is 1. The molecule has 1 spiro atoms. The van der Waals surface area contributed by atoms with Crippen molar-refractivity contribution in [3.05, 3.63) is 89.4 Å². The highest BCUT2D eigenvalue weighted by atomic mass is 19.2. The summed E-state index contributed by atoms with van der Waals surface area (Å²) in [7, 11) is 0. The Bertz CT molecular complexity index is 1460. The molecule has 0 bridgehead atoms. The number of hydrogen-bond acceptors (Lipinski definition) is 3. The lowest BCUT2D eigenvalue weighted by Gasteiger charge is -2.43. The van der Waals surface area contributed by atoms with Gasteiger partial charge in [0.1, 0.15) is 5.82 Å². The van der Waals surface area contributed by atoms with Gasteiger partial charge in [-0.05, 0) is 79.9 Å². The molecule has 6 rings (SSSR count). The van der Waals surface area contributed by atoms with Gasteiger partial charge in [-0.25, -0.2) is 17.9 Å². The second-order valence-electron chi connectivity index (χ2n) is 9.46. The monoisotopic (exact) mass is 476 g/mol. The first-order valence-corrected chi connectivity index (χ1v) is 11.6. The van der Waals surface area contributed by atoms with Crippen molar-refractivity contribution in [2.75, 3.05) is 24.5 Å². The number of benzene rings is 3. The molecule has 35 heavy (non-hydrogen) atoms. The Morgan fingerprint density at radius 2 is 1.71 bits per heavy atom. The van der Waals surface area contributed by atoms with Crippen molar-refractivity contribution >= 4 is 22.5 Å². The summed E-state index contributed by atoms with van der Waals surface area (Å²) in [6.07, 6.45) is 3.56. The van der Waals surface area contributed by atoms with Gasteiger partial charge in [0.2, 0.25) is 0 Å². The van der Waals surface area contributed by atoms with E-state index >= 15 is 0 Å². The minimum absolute atomic E-state index is 0.175. The summed E-state index contributed by atoms with van der Waals surface area (Å²) in [6.45, 7) is 3.87. The lowest BCUT2D eigenvalue weighted by atomic mass is 10.0. The van der Waals surface area contributed by atoms with Gasteiger partial charge in [0.15, 0.2) is 11.6 Å². The van der Waals surface area contributed by atoms with Crippen LogP contribution in [0.3, 0.4) is 0 Å². The molecule has 0 N–H and O–H groups in total. The Balaban J connectivity index is 1.27. The fourth-order valence-corrected chi connectivity index (χ4v) is 5.15. The summed E-state index contributed by atoms with van der Waals surface area (Å²) in [4.78, 5) is 17.3. The van der Waals surface area contributed by atoms with Crippen molar-refractivity contribution in [3.8, 4) is 5.69 Å². The van der Waals surface area contributed by atoms with Gasteiger partial charge in [0.05, 0.1) is 22.9 Å². The summed E-state index contributed by atoms with van der Waals surface area (Å²) in [5, 5.41) is 5.48. The van der Waals surface area contributed by atoms with E-state index < -0.39 is 11.6 Å². The van der Waals surface area contributed by atoms with Crippen LogP contribution in [0.15, 0.2) is 60.8 Å². The summed E-state index contributed by atoms with van der Waals surface area (Å²) >= 11 is 0. The molecule has 8 heteroatoms. The van der Waals surface area contributed by atoms with Gasteiger partial charge in [0, 0.05) is 36.3 Å². The van der Waals surface area contributed by atoms with E-state index in [1.165, 1.54) is 18.2 Å². The molecule has 0 radical (unpaired) electrons. The number of hydrogen-bond donors (Lipinski definition) is 0. The first kappa shape index (κ1) is 21.7. The average molecular weight is 477 g/mol. The third-order valence-corrected chi connectivity index (χ3v) is 7.19. The van der Waals surface area contributed by atoms with Crippen molar-refractivity contribution in [2.45, 2.75) is 25.3 Å². The zero-order valence-electron chi connectivity index (χ0n) is 19.1. The maximum Gasteiger partial charge on any atom is 0.254 e. The second-order valence-corrected chi connectivity index (χ2v) is 9.46. The van der Waals surface area contributed by atoms with Crippen LogP contribution in [0.1, 0.15) is 28.8 Å². The van der Waals surface area contributed by atoms with Gasteiger partial charge in [-0.3, -0.25) is 4.79 Å². The highest BCUT2D eigenvalue weighted by molar-refractivity contribution is 5.95. The lowest BCUT2D eigenvalue weighted by Crippen LogP contribution is -2.57. The third kappa shape index (κ3) is 3.64. The topological polar surface area (TPSA) is 41.4 Å². The molecule has 0 unspecified atom stereocenters. The van der Waals surface area contributed by atoms with Gasteiger partial charge in [-0.15, -0.1) is 0 Å². The van der Waals surface area contributed by atoms with Crippen LogP contribution < -0.4 is 4.90 Å². The largest absolute Gasteiger partial charge is 0.367 e. The van der Waals surface area contributed by atoms with Crippen molar-refractivity contribution in [2.24, 2.45) is 0 Å². The molecule has 4 aromatic rings. The van der Waals surface area contributed by atoms with E-state index in [-0.39, 0.29) is 22.8 Å². The second kappa shape index (κ2) is 7.86. The predicted octanol–water partition coefficient (Wildman–Crippen LogP) is 5.25. The number of nitrogens with zero attached hydrogens (tertiary/aromatic N) is 4. The third-order valence-electron chi connectivity index (χ3n) is 7.19. The van der Waals surface area contributed by atoms with E-state index in [1.54, 1.807) is 23.0 Å². The molecule has 5 nitrogen and oxygen atoms in total. The van der Waals surface area contributed by atoms with Gasteiger partial charge < -0.3 is 9.80 Å². The molecular formula is C27H23F3N4O. The molecule has 0 atom stereocenters. The maximum atomic E-state index is 13.7.